The van der Waals surface area contributed by atoms with Crippen molar-refractivity contribution in [2.45, 2.75) is 6.61 Å². The molecule has 0 aliphatic heterocycles. The highest BCUT2D eigenvalue weighted by molar-refractivity contribution is 5.95. The number of ether oxygens (including phenoxy) is 2. The summed E-state index contributed by atoms with van der Waals surface area (Å²) in [5.41, 5.74) is 8.55. The van der Waals surface area contributed by atoms with Gasteiger partial charge in [-0.3, -0.25) is 9.36 Å². The van der Waals surface area contributed by atoms with Crippen molar-refractivity contribution in [1.82, 2.24) is 9.55 Å². The number of imidazole rings is 1. The molecule has 0 unspecified atom stereocenters. The second-order valence-corrected chi connectivity index (χ2v) is 6.20. The number of nitrogens with zero attached hydrogens (tertiary/aromatic N) is 2. The van der Waals surface area contributed by atoms with Crippen molar-refractivity contribution in [2.75, 3.05) is 7.11 Å². The van der Waals surface area contributed by atoms with Gasteiger partial charge < -0.3 is 15.2 Å². The molecule has 140 valence electrons. The molecule has 0 atom stereocenters. The largest absolute Gasteiger partial charge is 0.497 e. The van der Waals surface area contributed by atoms with E-state index in [2.05, 4.69) is 0 Å². The fourth-order valence-corrected chi connectivity index (χ4v) is 3.13. The number of methoxy groups -OCH3 is 1. The van der Waals surface area contributed by atoms with Crippen LogP contribution in [0.25, 0.3) is 16.7 Å². The van der Waals surface area contributed by atoms with Gasteiger partial charge in [-0.1, -0.05) is 24.3 Å². The number of hydrogen-bond donors (Lipinski definition) is 1. The summed E-state index contributed by atoms with van der Waals surface area (Å²) < 4.78 is 13.2. The number of hydrogen-bond acceptors (Lipinski definition) is 4. The topological polar surface area (TPSA) is 79.4 Å². The summed E-state index contributed by atoms with van der Waals surface area (Å²) >= 11 is 0. The van der Waals surface area contributed by atoms with Gasteiger partial charge in [0.25, 0.3) is 5.91 Å². The van der Waals surface area contributed by atoms with Crippen LogP contribution in [0.15, 0.2) is 72.8 Å². The van der Waals surface area contributed by atoms with Crippen LogP contribution in [-0.4, -0.2) is 22.6 Å². The second-order valence-electron chi connectivity index (χ2n) is 6.20. The maximum Gasteiger partial charge on any atom is 0.252 e. The molecule has 0 saturated carbocycles. The second kappa shape index (κ2) is 7.44. The Balaban J connectivity index is 1.74. The Labute approximate surface area is 162 Å². The van der Waals surface area contributed by atoms with Gasteiger partial charge in [0.2, 0.25) is 0 Å². The number of carbonyl (C=O) groups is 1. The lowest BCUT2D eigenvalue weighted by molar-refractivity contribution is 0.0995. The zero-order valence-electron chi connectivity index (χ0n) is 15.3. The molecule has 0 fully saturated rings. The number of carbonyl (C=O) groups excluding carboxylic acids is 1. The van der Waals surface area contributed by atoms with E-state index in [1.807, 2.05) is 53.1 Å². The lowest BCUT2D eigenvalue weighted by Gasteiger charge is -2.12. The average Bonchev–Trinajstić information content (AvgIpc) is 3.11. The first kappa shape index (κ1) is 17.6. The van der Waals surface area contributed by atoms with Crippen molar-refractivity contribution in [3.63, 3.8) is 0 Å². The number of para-hydroxylation sites is 3. The molecule has 6 heteroatoms. The van der Waals surface area contributed by atoms with Gasteiger partial charge in [0.15, 0.2) is 5.82 Å². The van der Waals surface area contributed by atoms with E-state index in [1.54, 1.807) is 31.4 Å². The maximum absolute atomic E-state index is 11.6. The van der Waals surface area contributed by atoms with Gasteiger partial charge in [-0.15, -0.1) is 0 Å². The number of amides is 1. The van der Waals surface area contributed by atoms with Gasteiger partial charge in [-0.05, 0) is 48.5 Å². The zero-order valence-corrected chi connectivity index (χ0v) is 15.3. The van der Waals surface area contributed by atoms with E-state index in [0.29, 0.717) is 17.1 Å². The van der Waals surface area contributed by atoms with Crippen molar-refractivity contribution in [3.05, 3.63) is 84.2 Å². The third kappa shape index (κ3) is 3.27. The van der Waals surface area contributed by atoms with Crippen molar-refractivity contribution in [1.29, 1.82) is 0 Å². The summed E-state index contributed by atoms with van der Waals surface area (Å²) in [5.74, 6) is 1.40. The molecule has 28 heavy (non-hydrogen) atoms. The fourth-order valence-electron chi connectivity index (χ4n) is 3.13. The first-order valence-electron chi connectivity index (χ1n) is 8.80. The van der Waals surface area contributed by atoms with Crippen LogP contribution in [0.3, 0.4) is 0 Å². The predicted molar refractivity (Wildman–Crippen MR) is 107 cm³/mol. The van der Waals surface area contributed by atoms with Crippen molar-refractivity contribution in [2.24, 2.45) is 5.73 Å². The monoisotopic (exact) mass is 373 g/mol. The Bertz CT molecular complexity index is 1130. The van der Waals surface area contributed by atoms with Crippen molar-refractivity contribution in [3.8, 4) is 17.2 Å². The van der Waals surface area contributed by atoms with Crippen LogP contribution in [0.1, 0.15) is 16.2 Å². The van der Waals surface area contributed by atoms with E-state index >= 15 is 0 Å². The Kier molecular flexibility index (Phi) is 4.68. The summed E-state index contributed by atoms with van der Waals surface area (Å²) in [5, 5.41) is 0. The molecule has 0 saturated heterocycles. The van der Waals surface area contributed by atoms with Gasteiger partial charge >= 0.3 is 0 Å². The first-order chi connectivity index (χ1) is 13.7. The highest BCUT2D eigenvalue weighted by atomic mass is 16.5. The number of benzene rings is 3. The van der Waals surface area contributed by atoms with Crippen LogP contribution in [-0.2, 0) is 6.61 Å². The number of nitrogens with two attached hydrogens (primary N) is 1. The standard InChI is InChI=1S/C22H19N3O3/c1-27-16-12-10-15(11-13-16)25-19-8-4-3-7-18(19)24-21(25)14-28-20-9-5-2-6-17(20)22(23)26/h2-13H,14H2,1H3,(H2,23,26). The molecule has 6 nitrogen and oxygen atoms in total. The Morgan fingerprint density at radius 3 is 2.46 bits per heavy atom. The molecule has 0 bridgehead atoms. The summed E-state index contributed by atoms with van der Waals surface area (Å²) in [7, 11) is 1.64. The van der Waals surface area contributed by atoms with Gasteiger partial charge in [0.1, 0.15) is 18.1 Å². The number of primary amides is 1. The summed E-state index contributed by atoms with van der Waals surface area (Å²) in [4.78, 5) is 16.3. The Hall–Kier alpha value is -3.80. The zero-order chi connectivity index (χ0) is 19.5. The highest BCUT2D eigenvalue weighted by Gasteiger charge is 2.15. The van der Waals surface area contributed by atoms with Gasteiger partial charge in [-0.25, -0.2) is 4.98 Å². The van der Waals surface area contributed by atoms with E-state index in [4.69, 9.17) is 20.2 Å². The molecule has 4 aromatic rings. The smallest absolute Gasteiger partial charge is 0.252 e. The molecule has 1 heterocycles. The highest BCUT2D eigenvalue weighted by Crippen LogP contribution is 2.25. The van der Waals surface area contributed by atoms with E-state index in [-0.39, 0.29) is 6.61 Å². The predicted octanol–water partition coefficient (Wildman–Crippen LogP) is 3.71. The average molecular weight is 373 g/mol. The third-order valence-corrected chi connectivity index (χ3v) is 4.47. The molecule has 2 N–H and O–H groups in total. The molecule has 0 radical (unpaired) electrons. The molecule has 1 aromatic heterocycles. The summed E-state index contributed by atoms with van der Waals surface area (Å²) in [6.07, 6.45) is 0. The molecule has 0 spiro atoms. The van der Waals surface area contributed by atoms with Crippen molar-refractivity contribution < 1.29 is 14.3 Å². The molecular formula is C22H19N3O3. The van der Waals surface area contributed by atoms with E-state index < -0.39 is 5.91 Å². The first-order valence-corrected chi connectivity index (χ1v) is 8.80. The van der Waals surface area contributed by atoms with Gasteiger partial charge in [0.05, 0.1) is 23.7 Å². The molecule has 4 rings (SSSR count). The molecule has 0 aliphatic carbocycles. The Morgan fingerprint density at radius 2 is 1.71 bits per heavy atom. The molecule has 1 amide bonds. The van der Waals surface area contributed by atoms with Gasteiger partial charge in [0, 0.05) is 5.69 Å². The van der Waals surface area contributed by atoms with Crippen LogP contribution in [0, 0.1) is 0 Å². The van der Waals surface area contributed by atoms with Crippen LogP contribution < -0.4 is 15.2 Å². The SMILES string of the molecule is COc1ccc(-n2c(COc3ccccc3C(N)=O)nc3ccccc32)cc1. The minimum absolute atomic E-state index is 0.186. The molecule has 0 aliphatic rings. The lowest BCUT2D eigenvalue weighted by Crippen LogP contribution is -2.13. The van der Waals surface area contributed by atoms with Gasteiger partial charge in [-0.2, -0.15) is 0 Å². The summed E-state index contributed by atoms with van der Waals surface area (Å²) in [6, 6.07) is 22.5. The number of rotatable bonds is 6. The Morgan fingerprint density at radius 1 is 1.00 bits per heavy atom. The van der Waals surface area contributed by atoms with Crippen LogP contribution in [0.4, 0.5) is 0 Å². The normalized spacial score (nSPS) is 10.8. The van der Waals surface area contributed by atoms with E-state index in [0.717, 1.165) is 22.5 Å². The minimum atomic E-state index is -0.528. The van der Waals surface area contributed by atoms with Crippen molar-refractivity contribution >= 4 is 16.9 Å². The van der Waals surface area contributed by atoms with Crippen LogP contribution in [0.5, 0.6) is 11.5 Å². The van der Waals surface area contributed by atoms with Crippen LogP contribution >= 0.6 is 0 Å². The number of fused-ring (bicyclic) bond motifs is 1. The quantitative estimate of drug-likeness (QED) is 0.559. The molecular weight excluding hydrogens is 354 g/mol. The maximum atomic E-state index is 11.6. The fraction of sp³-hybridized carbons (Fsp3) is 0.0909. The van der Waals surface area contributed by atoms with Crippen LogP contribution in [0.2, 0.25) is 0 Å². The third-order valence-electron chi connectivity index (χ3n) is 4.47. The minimum Gasteiger partial charge on any atom is -0.497 e. The summed E-state index contributed by atoms with van der Waals surface area (Å²) in [6.45, 7) is 0.186. The van der Waals surface area contributed by atoms with E-state index in [9.17, 15) is 4.79 Å². The number of aromatic nitrogens is 2. The van der Waals surface area contributed by atoms with E-state index in [1.165, 1.54) is 0 Å². The molecule has 3 aromatic carbocycles. The lowest BCUT2D eigenvalue weighted by atomic mass is 10.2.